The Bertz CT molecular complexity index is 641. The highest BCUT2D eigenvalue weighted by Crippen LogP contribution is 2.35. The molecule has 0 amide bonds. The van der Waals surface area contributed by atoms with Crippen LogP contribution < -0.4 is 4.74 Å². The average Bonchev–Trinajstić information content (AvgIpc) is 2.90. The summed E-state index contributed by atoms with van der Waals surface area (Å²) in [4.78, 5) is 4.60. The monoisotopic (exact) mass is 305 g/mol. The first-order chi connectivity index (χ1) is 9.75. The van der Waals surface area contributed by atoms with E-state index < -0.39 is 6.10 Å². The molecule has 1 atom stereocenters. The molecule has 0 aliphatic heterocycles. The fraction of sp³-hybridized carbons (Fsp3) is 0.471. The number of methoxy groups -OCH3 is 1. The molecule has 0 bridgehead atoms. The second-order valence-electron chi connectivity index (χ2n) is 6.36. The lowest BCUT2D eigenvalue weighted by Crippen LogP contribution is -2.11. The van der Waals surface area contributed by atoms with Crippen molar-refractivity contribution in [3.05, 3.63) is 44.9 Å². The molecule has 2 rings (SSSR count). The molecule has 1 N–H and O–H groups in total. The number of aliphatic hydroxyl groups is 1. The van der Waals surface area contributed by atoms with E-state index >= 15 is 0 Å². The number of nitrogens with zero attached hydrogens (tertiary/aromatic N) is 1. The molecule has 0 saturated heterocycles. The summed E-state index contributed by atoms with van der Waals surface area (Å²) in [6.07, 6.45) is -0.758. The van der Waals surface area contributed by atoms with Gasteiger partial charge in [-0.3, -0.25) is 0 Å². The average molecular weight is 305 g/mol. The first-order valence-corrected chi connectivity index (χ1v) is 7.91. The second-order valence-corrected chi connectivity index (χ2v) is 7.22. The number of aromatic nitrogens is 1. The van der Waals surface area contributed by atoms with E-state index in [1.165, 1.54) is 0 Å². The molecule has 0 aliphatic carbocycles. The van der Waals surface area contributed by atoms with Gasteiger partial charge in [0.25, 0.3) is 0 Å². The molecule has 0 fully saturated rings. The van der Waals surface area contributed by atoms with Crippen LogP contribution in [0.5, 0.6) is 5.75 Å². The van der Waals surface area contributed by atoms with Crippen LogP contribution in [0.25, 0.3) is 0 Å². The Balaban J connectivity index is 2.43. The molecule has 1 heterocycles. The highest BCUT2D eigenvalue weighted by atomic mass is 32.1. The van der Waals surface area contributed by atoms with Gasteiger partial charge < -0.3 is 9.84 Å². The van der Waals surface area contributed by atoms with Crippen LogP contribution in [-0.4, -0.2) is 17.2 Å². The zero-order valence-electron chi connectivity index (χ0n) is 13.5. The van der Waals surface area contributed by atoms with Crippen molar-refractivity contribution in [3.63, 3.8) is 0 Å². The highest BCUT2D eigenvalue weighted by Gasteiger charge is 2.23. The molecular formula is C17H23NO2S. The van der Waals surface area contributed by atoms with Gasteiger partial charge >= 0.3 is 0 Å². The first kappa shape index (κ1) is 16.0. The number of hydrogen-bond acceptors (Lipinski definition) is 4. The summed E-state index contributed by atoms with van der Waals surface area (Å²) in [5.41, 5.74) is 3.66. The van der Waals surface area contributed by atoms with Crippen molar-refractivity contribution in [2.45, 2.75) is 46.1 Å². The topological polar surface area (TPSA) is 42.4 Å². The Hall–Kier alpha value is -1.39. The molecule has 1 aromatic heterocycles. The number of rotatable bonds is 3. The van der Waals surface area contributed by atoms with E-state index in [1.807, 2.05) is 31.4 Å². The fourth-order valence-electron chi connectivity index (χ4n) is 2.21. The number of benzene rings is 1. The van der Waals surface area contributed by atoms with Gasteiger partial charge in [-0.15, -0.1) is 11.3 Å². The van der Waals surface area contributed by atoms with Crippen LogP contribution in [0.3, 0.4) is 0 Å². The van der Waals surface area contributed by atoms with Gasteiger partial charge in [-0.2, -0.15) is 0 Å². The number of ether oxygens (including phenoxy) is 1. The van der Waals surface area contributed by atoms with Crippen molar-refractivity contribution in [3.8, 4) is 5.75 Å². The SMILES string of the molecule is COc1c(C(O)c2csc(C(C)(C)C)n2)ccc(C)c1C. The predicted molar refractivity (Wildman–Crippen MR) is 87.3 cm³/mol. The van der Waals surface area contributed by atoms with Crippen molar-refractivity contribution < 1.29 is 9.84 Å². The molecule has 4 heteroatoms. The van der Waals surface area contributed by atoms with Gasteiger partial charge in [-0.1, -0.05) is 32.9 Å². The van der Waals surface area contributed by atoms with Crippen molar-refractivity contribution >= 4 is 11.3 Å². The van der Waals surface area contributed by atoms with Crippen LogP contribution in [0.2, 0.25) is 0 Å². The molecule has 21 heavy (non-hydrogen) atoms. The Labute approximate surface area is 130 Å². The van der Waals surface area contributed by atoms with Crippen LogP contribution >= 0.6 is 11.3 Å². The summed E-state index contributed by atoms with van der Waals surface area (Å²) in [7, 11) is 1.64. The number of hydrogen-bond donors (Lipinski definition) is 1. The Morgan fingerprint density at radius 3 is 2.43 bits per heavy atom. The second kappa shape index (κ2) is 5.78. The molecule has 3 nitrogen and oxygen atoms in total. The van der Waals surface area contributed by atoms with E-state index in [9.17, 15) is 5.11 Å². The molecule has 1 unspecified atom stereocenters. The summed E-state index contributed by atoms with van der Waals surface area (Å²) < 4.78 is 5.49. The highest BCUT2D eigenvalue weighted by molar-refractivity contribution is 7.09. The molecular weight excluding hydrogens is 282 g/mol. The van der Waals surface area contributed by atoms with Crippen molar-refractivity contribution in [1.29, 1.82) is 0 Å². The molecule has 0 radical (unpaired) electrons. The van der Waals surface area contributed by atoms with E-state index in [0.29, 0.717) is 5.69 Å². The van der Waals surface area contributed by atoms with Crippen molar-refractivity contribution in [1.82, 2.24) is 4.98 Å². The maximum Gasteiger partial charge on any atom is 0.128 e. The maximum absolute atomic E-state index is 10.7. The Morgan fingerprint density at radius 2 is 1.90 bits per heavy atom. The number of aliphatic hydroxyl groups excluding tert-OH is 1. The predicted octanol–water partition coefficient (Wildman–Crippen LogP) is 4.15. The van der Waals surface area contributed by atoms with Crippen LogP contribution in [-0.2, 0) is 5.41 Å². The summed E-state index contributed by atoms with van der Waals surface area (Å²) in [6.45, 7) is 10.4. The van der Waals surface area contributed by atoms with E-state index in [0.717, 1.165) is 27.4 Å². The standard InChI is InChI=1S/C17H23NO2S/c1-10-7-8-12(15(20-6)11(10)2)14(19)13-9-21-16(18-13)17(3,4)5/h7-9,14,19H,1-6H3. The minimum Gasteiger partial charge on any atom is -0.496 e. The van der Waals surface area contributed by atoms with Gasteiger partial charge in [-0.25, -0.2) is 4.98 Å². The molecule has 2 aromatic rings. The third kappa shape index (κ3) is 3.11. The van der Waals surface area contributed by atoms with Crippen LogP contribution in [0.4, 0.5) is 0 Å². The zero-order valence-corrected chi connectivity index (χ0v) is 14.3. The summed E-state index contributed by atoms with van der Waals surface area (Å²) in [5.74, 6) is 0.743. The van der Waals surface area contributed by atoms with Gasteiger partial charge in [0.2, 0.25) is 0 Å². The summed E-state index contributed by atoms with van der Waals surface area (Å²) in [5, 5.41) is 13.6. The van der Waals surface area contributed by atoms with Gasteiger partial charge in [0, 0.05) is 16.4 Å². The van der Waals surface area contributed by atoms with Crippen molar-refractivity contribution in [2.75, 3.05) is 7.11 Å². The fourth-order valence-corrected chi connectivity index (χ4v) is 3.14. The third-order valence-electron chi connectivity index (χ3n) is 3.65. The minimum absolute atomic E-state index is 0.00405. The van der Waals surface area contributed by atoms with E-state index in [4.69, 9.17) is 4.74 Å². The molecule has 0 saturated carbocycles. The Kier molecular flexibility index (Phi) is 4.40. The van der Waals surface area contributed by atoms with E-state index in [2.05, 4.69) is 25.8 Å². The minimum atomic E-state index is -0.758. The molecule has 0 aliphatic rings. The van der Waals surface area contributed by atoms with Crippen LogP contribution in [0.1, 0.15) is 54.3 Å². The van der Waals surface area contributed by atoms with E-state index in [-0.39, 0.29) is 5.41 Å². The van der Waals surface area contributed by atoms with Gasteiger partial charge in [0.05, 0.1) is 17.8 Å². The smallest absolute Gasteiger partial charge is 0.128 e. The van der Waals surface area contributed by atoms with Gasteiger partial charge in [0.1, 0.15) is 11.9 Å². The summed E-state index contributed by atoms with van der Waals surface area (Å²) >= 11 is 1.59. The summed E-state index contributed by atoms with van der Waals surface area (Å²) in [6, 6.07) is 3.93. The van der Waals surface area contributed by atoms with Crippen LogP contribution in [0, 0.1) is 13.8 Å². The zero-order chi connectivity index (χ0) is 15.8. The van der Waals surface area contributed by atoms with Crippen molar-refractivity contribution in [2.24, 2.45) is 0 Å². The quantitative estimate of drug-likeness (QED) is 0.926. The van der Waals surface area contributed by atoms with E-state index in [1.54, 1.807) is 18.4 Å². The third-order valence-corrected chi connectivity index (χ3v) is 4.94. The normalized spacial score (nSPS) is 13.3. The molecule has 0 spiro atoms. The van der Waals surface area contributed by atoms with Gasteiger partial charge in [0.15, 0.2) is 0 Å². The molecule has 114 valence electrons. The number of aryl methyl sites for hydroxylation is 1. The number of thiazole rings is 1. The lowest BCUT2D eigenvalue weighted by atomic mass is 9.97. The molecule has 1 aromatic carbocycles. The first-order valence-electron chi connectivity index (χ1n) is 7.03. The largest absolute Gasteiger partial charge is 0.496 e. The lowest BCUT2D eigenvalue weighted by Gasteiger charge is -2.17. The van der Waals surface area contributed by atoms with Crippen LogP contribution in [0.15, 0.2) is 17.5 Å². The lowest BCUT2D eigenvalue weighted by molar-refractivity contribution is 0.210. The maximum atomic E-state index is 10.7. The van der Waals surface area contributed by atoms with Gasteiger partial charge in [-0.05, 0) is 25.0 Å². The Morgan fingerprint density at radius 1 is 1.24 bits per heavy atom.